The molecule has 0 heterocycles. The molecule has 0 aromatic heterocycles. The van der Waals surface area contributed by atoms with E-state index in [1.165, 1.54) is 25.9 Å². The van der Waals surface area contributed by atoms with Crippen LogP contribution in [0.2, 0.25) is 0 Å². The van der Waals surface area contributed by atoms with Crippen LogP contribution in [0, 0.1) is 5.41 Å². The fourth-order valence-corrected chi connectivity index (χ4v) is 1.88. The molecule has 0 fully saturated rings. The highest BCUT2D eigenvalue weighted by molar-refractivity contribution is 4.82. The first kappa shape index (κ1) is 15.9. The topological polar surface area (TPSA) is 15.3 Å². The molecule has 98 valence electrons. The second kappa shape index (κ2) is 6.61. The largest absolute Gasteiger partial charge is 0.311 e. The van der Waals surface area contributed by atoms with Gasteiger partial charge in [-0.3, -0.25) is 0 Å². The minimum Gasteiger partial charge on any atom is -0.311 e. The number of hydrogen-bond acceptors (Lipinski definition) is 2. The predicted molar refractivity (Wildman–Crippen MR) is 73.9 cm³/mol. The third-order valence-corrected chi connectivity index (χ3v) is 3.16. The van der Waals surface area contributed by atoms with Crippen molar-refractivity contribution in [2.45, 2.75) is 59.9 Å². The lowest BCUT2D eigenvalue weighted by atomic mass is 9.86. The lowest BCUT2D eigenvalue weighted by Gasteiger charge is -2.36. The van der Waals surface area contributed by atoms with Crippen molar-refractivity contribution in [3.8, 4) is 0 Å². The third kappa shape index (κ3) is 7.24. The molecule has 1 N–H and O–H groups in total. The van der Waals surface area contributed by atoms with Gasteiger partial charge in [0.05, 0.1) is 0 Å². The van der Waals surface area contributed by atoms with E-state index in [9.17, 15) is 0 Å². The Bertz CT molecular complexity index is 184. The third-order valence-electron chi connectivity index (χ3n) is 3.16. The zero-order chi connectivity index (χ0) is 12.8. The molecular formula is C14H32N2. The molecule has 16 heavy (non-hydrogen) atoms. The summed E-state index contributed by atoms with van der Waals surface area (Å²) >= 11 is 0. The SMILES string of the molecule is CCCN(C)CC(C)(CC)CNC(C)(C)C. The molecule has 2 nitrogen and oxygen atoms in total. The summed E-state index contributed by atoms with van der Waals surface area (Å²) in [5.74, 6) is 0. The first-order valence-corrected chi connectivity index (χ1v) is 6.66. The lowest BCUT2D eigenvalue weighted by Crippen LogP contribution is -2.46. The van der Waals surface area contributed by atoms with Gasteiger partial charge in [-0.05, 0) is 52.6 Å². The average molecular weight is 228 g/mol. The maximum absolute atomic E-state index is 3.63. The van der Waals surface area contributed by atoms with Gasteiger partial charge in [-0.1, -0.05) is 20.8 Å². The number of nitrogens with zero attached hydrogens (tertiary/aromatic N) is 1. The fourth-order valence-electron chi connectivity index (χ4n) is 1.88. The maximum Gasteiger partial charge on any atom is 0.00967 e. The van der Waals surface area contributed by atoms with Crippen molar-refractivity contribution in [3.63, 3.8) is 0 Å². The van der Waals surface area contributed by atoms with Crippen LogP contribution in [0.15, 0.2) is 0 Å². The molecular weight excluding hydrogens is 196 g/mol. The van der Waals surface area contributed by atoms with Crippen molar-refractivity contribution in [3.05, 3.63) is 0 Å². The van der Waals surface area contributed by atoms with E-state index < -0.39 is 0 Å². The van der Waals surface area contributed by atoms with Crippen LogP contribution < -0.4 is 5.32 Å². The summed E-state index contributed by atoms with van der Waals surface area (Å²) in [6, 6.07) is 0. The Kier molecular flexibility index (Phi) is 6.57. The van der Waals surface area contributed by atoms with Gasteiger partial charge in [0.1, 0.15) is 0 Å². The quantitative estimate of drug-likeness (QED) is 0.720. The highest BCUT2D eigenvalue weighted by atomic mass is 15.1. The molecule has 2 heteroatoms. The highest BCUT2D eigenvalue weighted by Gasteiger charge is 2.25. The second-order valence-corrected chi connectivity index (χ2v) is 6.51. The summed E-state index contributed by atoms with van der Waals surface area (Å²) in [7, 11) is 2.23. The minimum atomic E-state index is 0.222. The smallest absolute Gasteiger partial charge is 0.00967 e. The zero-order valence-electron chi connectivity index (χ0n) is 12.5. The standard InChI is InChI=1S/C14H32N2/c1-8-10-16(7)12-14(6,9-2)11-15-13(3,4)5/h15H,8-12H2,1-7H3. The molecule has 1 unspecified atom stereocenters. The van der Waals surface area contributed by atoms with Crippen LogP contribution >= 0.6 is 0 Å². The fraction of sp³-hybridized carbons (Fsp3) is 1.00. The molecule has 0 spiro atoms. The monoisotopic (exact) mass is 228 g/mol. The van der Waals surface area contributed by atoms with Crippen molar-refractivity contribution in [1.29, 1.82) is 0 Å². The average Bonchev–Trinajstić information content (AvgIpc) is 2.14. The summed E-state index contributed by atoms with van der Waals surface area (Å²) in [4.78, 5) is 2.45. The Balaban J connectivity index is 4.20. The summed E-state index contributed by atoms with van der Waals surface area (Å²) in [6.07, 6.45) is 2.47. The van der Waals surface area contributed by atoms with Crippen LogP contribution in [0.25, 0.3) is 0 Å². The van der Waals surface area contributed by atoms with Gasteiger partial charge in [-0.15, -0.1) is 0 Å². The molecule has 0 amide bonds. The van der Waals surface area contributed by atoms with E-state index in [1.54, 1.807) is 0 Å². The van der Waals surface area contributed by atoms with Gasteiger partial charge in [0.25, 0.3) is 0 Å². The molecule has 0 saturated carbocycles. The lowest BCUT2D eigenvalue weighted by molar-refractivity contribution is 0.168. The molecule has 0 aliphatic rings. The zero-order valence-corrected chi connectivity index (χ0v) is 12.5. The first-order valence-electron chi connectivity index (χ1n) is 6.66. The van der Waals surface area contributed by atoms with Crippen LogP contribution in [0.4, 0.5) is 0 Å². The van der Waals surface area contributed by atoms with Gasteiger partial charge in [0.15, 0.2) is 0 Å². The Morgan fingerprint density at radius 3 is 2.00 bits per heavy atom. The summed E-state index contributed by atoms with van der Waals surface area (Å²) in [6.45, 7) is 17.1. The number of nitrogens with one attached hydrogen (secondary N) is 1. The Labute approximate surface area is 103 Å². The molecule has 0 aromatic rings. The second-order valence-electron chi connectivity index (χ2n) is 6.51. The number of rotatable bonds is 7. The van der Waals surface area contributed by atoms with Crippen LogP contribution in [0.3, 0.4) is 0 Å². The summed E-state index contributed by atoms with van der Waals surface area (Å²) in [5, 5.41) is 3.63. The van der Waals surface area contributed by atoms with E-state index in [-0.39, 0.29) is 5.54 Å². The molecule has 0 aromatic carbocycles. The molecule has 0 rings (SSSR count). The van der Waals surface area contributed by atoms with Gasteiger partial charge in [-0.25, -0.2) is 0 Å². The summed E-state index contributed by atoms with van der Waals surface area (Å²) in [5.41, 5.74) is 0.608. The van der Waals surface area contributed by atoms with Gasteiger partial charge >= 0.3 is 0 Å². The van der Waals surface area contributed by atoms with Crippen LogP contribution in [0.1, 0.15) is 54.4 Å². The van der Waals surface area contributed by atoms with E-state index in [4.69, 9.17) is 0 Å². The normalized spacial score (nSPS) is 16.5. The van der Waals surface area contributed by atoms with Crippen molar-refractivity contribution in [2.24, 2.45) is 5.41 Å². The molecule has 0 saturated heterocycles. The van der Waals surface area contributed by atoms with Crippen molar-refractivity contribution in [1.82, 2.24) is 10.2 Å². The van der Waals surface area contributed by atoms with E-state index in [0.717, 1.165) is 6.54 Å². The maximum atomic E-state index is 3.63. The van der Waals surface area contributed by atoms with Crippen molar-refractivity contribution >= 4 is 0 Å². The van der Waals surface area contributed by atoms with Gasteiger partial charge in [0, 0.05) is 18.6 Å². The van der Waals surface area contributed by atoms with E-state index in [0.29, 0.717) is 5.41 Å². The Morgan fingerprint density at radius 1 is 1.06 bits per heavy atom. The first-order chi connectivity index (χ1) is 7.22. The summed E-state index contributed by atoms with van der Waals surface area (Å²) < 4.78 is 0. The highest BCUT2D eigenvalue weighted by Crippen LogP contribution is 2.22. The molecule has 0 radical (unpaired) electrons. The van der Waals surface area contributed by atoms with Crippen molar-refractivity contribution in [2.75, 3.05) is 26.7 Å². The Hall–Kier alpha value is -0.0800. The van der Waals surface area contributed by atoms with Gasteiger partial charge < -0.3 is 10.2 Å². The van der Waals surface area contributed by atoms with E-state index in [2.05, 4.69) is 58.8 Å². The van der Waals surface area contributed by atoms with E-state index in [1.807, 2.05) is 0 Å². The molecule has 0 aliphatic carbocycles. The molecule has 1 atom stereocenters. The number of hydrogen-bond donors (Lipinski definition) is 1. The molecule has 0 bridgehead atoms. The van der Waals surface area contributed by atoms with Crippen molar-refractivity contribution < 1.29 is 0 Å². The predicted octanol–water partition coefficient (Wildman–Crippen LogP) is 3.13. The van der Waals surface area contributed by atoms with E-state index >= 15 is 0 Å². The van der Waals surface area contributed by atoms with Crippen LogP contribution in [-0.2, 0) is 0 Å². The molecule has 0 aliphatic heterocycles. The van der Waals surface area contributed by atoms with Crippen LogP contribution in [0.5, 0.6) is 0 Å². The van der Waals surface area contributed by atoms with Gasteiger partial charge in [0.2, 0.25) is 0 Å². The minimum absolute atomic E-state index is 0.222. The van der Waals surface area contributed by atoms with Crippen LogP contribution in [-0.4, -0.2) is 37.1 Å². The van der Waals surface area contributed by atoms with Gasteiger partial charge in [-0.2, -0.15) is 0 Å². The Morgan fingerprint density at radius 2 is 1.62 bits per heavy atom.